The van der Waals surface area contributed by atoms with E-state index in [9.17, 15) is 4.79 Å². The monoisotopic (exact) mass is 183 g/mol. The van der Waals surface area contributed by atoms with Gasteiger partial charge in [-0.3, -0.25) is 0 Å². The van der Waals surface area contributed by atoms with Gasteiger partial charge >= 0.3 is 5.97 Å². The summed E-state index contributed by atoms with van der Waals surface area (Å²) in [4.78, 5) is 11.4. The van der Waals surface area contributed by atoms with Crippen LogP contribution in [0.3, 0.4) is 0 Å². The third-order valence-corrected chi connectivity index (χ3v) is 1.15. The molecule has 3 nitrogen and oxygen atoms in total. The minimum absolute atomic E-state index is 0.364. The van der Waals surface area contributed by atoms with Crippen molar-refractivity contribution in [2.45, 2.75) is 26.4 Å². The van der Waals surface area contributed by atoms with Crippen molar-refractivity contribution in [3.8, 4) is 0 Å². The van der Waals surface area contributed by atoms with Crippen molar-refractivity contribution >= 4 is 5.97 Å². The van der Waals surface area contributed by atoms with Crippen molar-refractivity contribution in [2.24, 2.45) is 0 Å². The topological polar surface area (TPSA) is 38.3 Å². The van der Waals surface area contributed by atoms with Gasteiger partial charge in [0.25, 0.3) is 0 Å². The number of hydrogen-bond acceptors (Lipinski definition) is 3. The fourth-order valence-corrected chi connectivity index (χ4v) is 0.694. The molecule has 13 heavy (non-hydrogen) atoms. The van der Waals surface area contributed by atoms with E-state index in [-0.39, 0.29) is 5.97 Å². The first-order valence-corrected chi connectivity index (χ1v) is 4.14. The van der Waals surface area contributed by atoms with Gasteiger partial charge in [0.2, 0.25) is 0 Å². The Morgan fingerprint density at radius 3 is 2.31 bits per heavy atom. The van der Waals surface area contributed by atoms with Crippen LogP contribution in [-0.2, 0) is 9.53 Å². The van der Waals surface area contributed by atoms with Crippen LogP contribution < -0.4 is 5.32 Å². The second-order valence-corrected chi connectivity index (χ2v) is 3.59. The lowest BCUT2D eigenvalue weighted by atomic mass is 10.2. The molecule has 3 heteroatoms. The zero-order valence-corrected chi connectivity index (χ0v) is 8.68. The maximum absolute atomic E-state index is 11.4. The van der Waals surface area contributed by atoms with Crippen molar-refractivity contribution in [3.63, 3.8) is 0 Å². The van der Waals surface area contributed by atoms with E-state index < -0.39 is 5.60 Å². The van der Waals surface area contributed by atoms with Gasteiger partial charge in [0.1, 0.15) is 5.60 Å². The molecule has 0 saturated carbocycles. The van der Waals surface area contributed by atoms with Crippen molar-refractivity contribution in [1.29, 1.82) is 0 Å². The quantitative estimate of drug-likeness (QED) is 0.410. The van der Waals surface area contributed by atoms with E-state index in [4.69, 9.17) is 4.74 Å². The number of esters is 1. The number of carbonyl (C=O) groups excluding carboxylic acids is 1. The molecular weight excluding hydrogens is 166 g/mol. The fraction of sp³-hybridized carbons (Fsp3) is 0.500. The lowest BCUT2D eigenvalue weighted by molar-refractivity contribution is -0.149. The summed E-state index contributed by atoms with van der Waals surface area (Å²) in [5.41, 5.74) is -0.0372. The molecule has 0 heterocycles. The molecule has 74 valence electrons. The highest BCUT2D eigenvalue weighted by atomic mass is 16.6. The molecule has 0 amide bonds. The standard InChI is InChI=1S/C10H17NO2/c1-6-8(7-11-5)9(12)13-10(2,3)4/h6-7,11H,1H2,2-5H3/b8-7+. The lowest BCUT2D eigenvalue weighted by Gasteiger charge is -2.19. The molecule has 0 atom stereocenters. The third-order valence-electron chi connectivity index (χ3n) is 1.15. The second-order valence-electron chi connectivity index (χ2n) is 3.59. The molecule has 1 N–H and O–H groups in total. The van der Waals surface area contributed by atoms with Gasteiger partial charge in [-0.2, -0.15) is 0 Å². The minimum Gasteiger partial charge on any atom is -0.456 e. The van der Waals surface area contributed by atoms with Crippen molar-refractivity contribution in [3.05, 3.63) is 24.4 Å². The van der Waals surface area contributed by atoms with Crippen molar-refractivity contribution in [2.75, 3.05) is 7.05 Å². The summed E-state index contributed by atoms with van der Waals surface area (Å²) in [6, 6.07) is 0. The predicted molar refractivity (Wildman–Crippen MR) is 53.2 cm³/mol. The zero-order chi connectivity index (χ0) is 10.5. The van der Waals surface area contributed by atoms with Crippen LogP contribution >= 0.6 is 0 Å². The number of nitrogens with one attached hydrogen (secondary N) is 1. The Kier molecular flexibility index (Phi) is 4.25. The highest BCUT2D eigenvalue weighted by molar-refractivity contribution is 5.91. The molecule has 0 radical (unpaired) electrons. The summed E-state index contributed by atoms with van der Waals surface area (Å²) in [5.74, 6) is -0.364. The second kappa shape index (κ2) is 4.70. The van der Waals surface area contributed by atoms with E-state index in [0.29, 0.717) is 5.57 Å². The van der Waals surface area contributed by atoms with Crippen LogP contribution in [0.5, 0.6) is 0 Å². The van der Waals surface area contributed by atoms with Crippen LogP contribution in [0.25, 0.3) is 0 Å². The van der Waals surface area contributed by atoms with Crippen LogP contribution in [0.4, 0.5) is 0 Å². The van der Waals surface area contributed by atoms with E-state index in [1.54, 1.807) is 13.2 Å². The van der Waals surface area contributed by atoms with Gasteiger partial charge in [-0.25, -0.2) is 4.79 Å². The fourth-order valence-electron chi connectivity index (χ4n) is 0.694. The minimum atomic E-state index is -0.465. The number of carbonyl (C=O) groups is 1. The molecule has 0 bridgehead atoms. The van der Waals surface area contributed by atoms with Gasteiger partial charge in [-0.1, -0.05) is 12.7 Å². The van der Waals surface area contributed by atoms with Gasteiger partial charge in [0, 0.05) is 13.2 Å². The van der Waals surface area contributed by atoms with E-state index in [2.05, 4.69) is 11.9 Å². The summed E-state index contributed by atoms with van der Waals surface area (Å²) >= 11 is 0. The first-order valence-electron chi connectivity index (χ1n) is 4.14. The Morgan fingerprint density at radius 2 is 2.00 bits per heavy atom. The van der Waals surface area contributed by atoms with Gasteiger partial charge in [0.05, 0.1) is 5.57 Å². The van der Waals surface area contributed by atoms with E-state index in [1.807, 2.05) is 20.8 Å². The highest BCUT2D eigenvalue weighted by Gasteiger charge is 2.17. The van der Waals surface area contributed by atoms with E-state index in [1.165, 1.54) is 6.08 Å². The SMILES string of the molecule is C=C/C(=C\NC)C(=O)OC(C)(C)C. The molecule has 0 rings (SSSR count). The van der Waals surface area contributed by atoms with Crippen LogP contribution in [0, 0.1) is 0 Å². The van der Waals surface area contributed by atoms with Crippen LogP contribution in [-0.4, -0.2) is 18.6 Å². The summed E-state index contributed by atoms with van der Waals surface area (Å²) in [6.45, 7) is 8.99. The van der Waals surface area contributed by atoms with E-state index >= 15 is 0 Å². The number of ether oxygens (including phenoxy) is 1. The first-order chi connectivity index (χ1) is 5.90. The molecule has 0 unspecified atom stereocenters. The average Bonchev–Trinajstić information content (AvgIpc) is 1.96. The summed E-state index contributed by atoms with van der Waals surface area (Å²) in [7, 11) is 1.72. The van der Waals surface area contributed by atoms with Crippen molar-refractivity contribution in [1.82, 2.24) is 5.32 Å². The van der Waals surface area contributed by atoms with Gasteiger partial charge in [-0.05, 0) is 20.8 Å². The van der Waals surface area contributed by atoms with Gasteiger partial charge < -0.3 is 10.1 Å². The summed E-state index contributed by atoms with van der Waals surface area (Å²) < 4.78 is 5.12. The Hall–Kier alpha value is -1.25. The molecule has 0 saturated heterocycles. The molecule has 0 fully saturated rings. The smallest absolute Gasteiger partial charge is 0.340 e. The molecule has 0 aliphatic carbocycles. The highest BCUT2D eigenvalue weighted by Crippen LogP contribution is 2.10. The molecule has 0 aromatic rings. The van der Waals surface area contributed by atoms with Crippen molar-refractivity contribution < 1.29 is 9.53 Å². The number of hydrogen-bond donors (Lipinski definition) is 1. The zero-order valence-electron chi connectivity index (χ0n) is 8.68. The summed E-state index contributed by atoms with van der Waals surface area (Å²) in [6.07, 6.45) is 3.02. The Balaban J connectivity index is 4.41. The Morgan fingerprint density at radius 1 is 1.46 bits per heavy atom. The number of rotatable bonds is 3. The van der Waals surface area contributed by atoms with E-state index in [0.717, 1.165) is 0 Å². The van der Waals surface area contributed by atoms with Crippen LogP contribution in [0.1, 0.15) is 20.8 Å². The first kappa shape index (κ1) is 11.8. The maximum atomic E-state index is 11.4. The molecule has 0 spiro atoms. The molecule has 0 aromatic carbocycles. The lowest BCUT2D eigenvalue weighted by Crippen LogP contribution is -2.24. The normalized spacial score (nSPS) is 12.2. The Labute approximate surface area is 79.5 Å². The van der Waals surface area contributed by atoms with Crippen LogP contribution in [0.15, 0.2) is 24.4 Å². The maximum Gasteiger partial charge on any atom is 0.340 e. The molecule has 0 aromatic heterocycles. The molecular formula is C10H17NO2. The molecule has 0 aliphatic heterocycles. The Bertz CT molecular complexity index is 224. The average molecular weight is 183 g/mol. The van der Waals surface area contributed by atoms with Crippen LogP contribution in [0.2, 0.25) is 0 Å². The van der Waals surface area contributed by atoms with Gasteiger partial charge in [-0.15, -0.1) is 0 Å². The molecule has 0 aliphatic rings. The largest absolute Gasteiger partial charge is 0.456 e. The third kappa shape index (κ3) is 5.06. The predicted octanol–water partition coefficient (Wildman–Crippen LogP) is 1.62. The van der Waals surface area contributed by atoms with Gasteiger partial charge in [0.15, 0.2) is 0 Å². The summed E-state index contributed by atoms with van der Waals surface area (Å²) in [5, 5.41) is 2.75.